The number of benzene rings is 3. The molecule has 1 atom stereocenters. The highest BCUT2D eigenvalue weighted by atomic mass is 32.2. The number of fused-ring (bicyclic) bond motifs is 2. The number of nitrogens with two attached hydrogens (primary N) is 2. The Morgan fingerprint density at radius 1 is 0.935 bits per heavy atom. The molecule has 0 spiro atoms. The Bertz CT molecular complexity index is 2110. The molecule has 5 N–H and O–H groups in total. The number of carbonyl (C=O) groups excluding carboxylic acids is 2. The van der Waals surface area contributed by atoms with Crippen LogP contribution in [0.15, 0.2) is 97.2 Å². The largest absolute Gasteiger partial charge is 0.383 e. The van der Waals surface area contributed by atoms with Gasteiger partial charge in [-0.05, 0) is 85.0 Å². The maximum absolute atomic E-state index is 10.9. The second-order valence-electron chi connectivity index (χ2n) is 10.8. The zero-order chi connectivity index (χ0) is 32.2. The smallest absolute Gasteiger partial charge is 0.248 e. The Labute approximate surface area is 268 Å². The highest BCUT2D eigenvalue weighted by molar-refractivity contribution is 7.85. The fourth-order valence-corrected chi connectivity index (χ4v) is 6.01. The number of amides is 1. The molecule has 0 fully saturated rings. The Kier molecular flexibility index (Phi) is 8.66. The van der Waals surface area contributed by atoms with E-state index in [1.807, 2.05) is 42.5 Å². The van der Waals surface area contributed by atoms with Crippen LogP contribution < -0.4 is 16.2 Å². The molecule has 46 heavy (non-hydrogen) atoms. The van der Waals surface area contributed by atoms with E-state index in [9.17, 15) is 13.8 Å². The Morgan fingerprint density at radius 3 is 2.48 bits per heavy atom. The van der Waals surface area contributed by atoms with Gasteiger partial charge in [-0.25, -0.2) is 19.2 Å². The van der Waals surface area contributed by atoms with E-state index < -0.39 is 16.9 Å². The average Bonchev–Trinajstić information content (AvgIpc) is 3.69. The standard InChI is InChI=1S/C26H21N5.C9H10N2O3S/c27-24-21(10-5-15-28-24)25-30-23-14-13-22(18-6-2-1-3-7-18)29-26(23)31(25)20-12-11-17-8-4-9-19(17)16-20;1-15(14)11-8-3-2-6(9(10)13)4-7(8)5-12/h1-3,5-7,10-16H,4,8-9H2,(H2,27,28);2-5,11H,1H3,(H2,10,13). The van der Waals surface area contributed by atoms with Crippen LogP contribution in [-0.2, 0) is 23.8 Å². The van der Waals surface area contributed by atoms with Gasteiger partial charge in [0.05, 0.1) is 16.9 Å². The van der Waals surface area contributed by atoms with Crippen molar-refractivity contribution in [1.82, 2.24) is 19.5 Å². The van der Waals surface area contributed by atoms with Gasteiger partial charge in [-0.15, -0.1) is 0 Å². The summed E-state index contributed by atoms with van der Waals surface area (Å²) < 4.78 is 15.6. The molecular formula is C35H31N7O3S. The number of hydrogen-bond acceptors (Lipinski definition) is 7. The summed E-state index contributed by atoms with van der Waals surface area (Å²) in [7, 11) is -1.27. The quantitative estimate of drug-likeness (QED) is 0.196. The molecule has 0 aliphatic heterocycles. The normalized spacial score (nSPS) is 12.5. The van der Waals surface area contributed by atoms with E-state index in [4.69, 9.17) is 21.4 Å². The molecule has 3 heterocycles. The summed E-state index contributed by atoms with van der Waals surface area (Å²) in [5, 5.41) is 0. The van der Waals surface area contributed by atoms with Crippen molar-refractivity contribution >= 4 is 45.8 Å². The van der Waals surface area contributed by atoms with E-state index in [1.165, 1.54) is 42.0 Å². The van der Waals surface area contributed by atoms with E-state index in [-0.39, 0.29) is 11.1 Å². The van der Waals surface area contributed by atoms with Gasteiger partial charge in [0.1, 0.15) is 22.3 Å². The summed E-state index contributed by atoms with van der Waals surface area (Å²) in [6, 6.07) is 29.1. The molecule has 3 aromatic heterocycles. The molecule has 0 saturated heterocycles. The minimum absolute atomic E-state index is 0.240. The minimum atomic E-state index is -1.27. The van der Waals surface area contributed by atoms with Crippen molar-refractivity contribution < 1.29 is 13.8 Å². The number of aldehydes is 1. The van der Waals surface area contributed by atoms with Gasteiger partial charge in [0.25, 0.3) is 0 Å². The molecule has 1 aliphatic rings. The number of aromatic nitrogens is 4. The third-order valence-corrected chi connectivity index (χ3v) is 8.22. The first kappa shape index (κ1) is 30.4. The van der Waals surface area contributed by atoms with E-state index in [1.54, 1.807) is 6.20 Å². The lowest BCUT2D eigenvalue weighted by Crippen LogP contribution is -2.12. The molecule has 230 valence electrons. The summed E-state index contributed by atoms with van der Waals surface area (Å²) in [6.45, 7) is 0. The molecule has 0 saturated carbocycles. The topological polar surface area (TPSA) is 159 Å². The van der Waals surface area contributed by atoms with E-state index in [0.717, 1.165) is 52.3 Å². The van der Waals surface area contributed by atoms with Crippen LogP contribution in [0.4, 0.5) is 11.5 Å². The van der Waals surface area contributed by atoms with Crippen LogP contribution in [0.5, 0.6) is 0 Å². The van der Waals surface area contributed by atoms with Crippen molar-refractivity contribution in [3.8, 4) is 28.3 Å². The van der Waals surface area contributed by atoms with Crippen LogP contribution in [0.3, 0.4) is 0 Å². The van der Waals surface area contributed by atoms with Crippen molar-refractivity contribution in [2.75, 3.05) is 16.7 Å². The van der Waals surface area contributed by atoms with Gasteiger partial charge in [-0.2, -0.15) is 0 Å². The summed E-state index contributed by atoms with van der Waals surface area (Å²) in [5.74, 6) is 0.613. The van der Waals surface area contributed by atoms with Gasteiger partial charge < -0.3 is 16.2 Å². The van der Waals surface area contributed by atoms with E-state index >= 15 is 0 Å². The second-order valence-corrected chi connectivity index (χ2v) is 11.9. The fourth-order valence-electron chi connectivity index (χ4n) is 5.52. The lowest BCUT2D eigenvalue weighted by molar-refractivity contribution is 0.1000. The van der Waals surface area contributed by atoms with Gasteiger partial charge >= 0.3 is 0 Å². The number of nitrogens with one attached hydrogen (secondary N) is 1. The molecular weight excluding hydrogens is 598 g/mol. The van der Waals surface area contributed by atoms with Gasteiger partial charge in [0.15, 0.2) is 17.8 Å². The first-order valence-electron chi connectivity index (χ1n) is 14.6. The molecule has 7 rings (SSSR count). The third kappa shape index (κ3) is 6.26. The highest BCUT2D eigenvalue weighted by Gasteiger charge is 2.20. The maximum atomic E-state index is 10.9. The van der Waals surface area contributed by atoms with Crippen molar-refractivity contribution in [2.45, 2.75) is 19.3 Å². The predicted octanol–water partition coefficient (Wildman–Crippen LogP) is 5.52. The van der Waals surface area contributed by atoms with Crippen LogP contribution in [-0.4, -0.2) is 42.2 Å². The fraction of sp³-hybridized carbons (Fsp3) is 0.114. The molecule has 0 bridgehead atoms. The average molecular weight is 630 g/mol. The first-order chi connectivity index (χ1) is 22.3. The number of nitrogen functional groups attached to an aromatic ring is 1. The van der Waals surface area contributed by atoms with Crippen LogP contribution >= 0.6 is 0 Å². The van der Waals surface area contributed by atoms with Crippen LogP contribution in [0, 0.1) is 0 Å². The Hall–Kier alpha value is -5.68. The summed E-state index contributed by atoms with van der Waals surface area (Å²) in [5.41, 5.74) is 20.6. The van der Waals surface area contributed by atoms with Crippen LogP contribution in [0.25, 0.3) is 39.5 Å². The van der Waals surface area contributed by atoms with Gasteiger partial charge in [-0.1, -0.05) is 36.4 Å². The zero-order valence-electron chi connectivity index (χ0n) is 25.0. The summed E-state index contributed by atoms with van der Waals surface area (Å²) in [4.78, 5) is 35.8. The van der Waals surface area contributed by atoms with Crippen LogP contribution in [0.1, 0.15) is 38.3 Å². The third-order valence-electron chi connectivity index (χ3n) is 7.71. The second kappa shape index (κ2) is 13.1. The number of pyridine rings is 2. The summed E-state index contributed by atoms with van der Waals surface area (Å²) in [6.07, 6.45) is 7.19. The Morgan fingerprint density at radius 2 is 1.74 bits per heavy atom. The Balaban J connectivity index is 0.000000210. The molecule has 11 heteroatoms. The predicted molar refractivity (Wildman–Crippen MR) is 182 cm³/mol. The van der Waals surface area contributed by atoms with E-state index in [0.29, 0.717) is 17.8 Å². The number of carbonyl (C=O) groups is 2. The molecule has 1 amide bonds. The molecule has 6 aromatic rings. The van der Waals surface area contributed by atoms with Gasteiger partial charge in [-0.3, -0.25) is 14.2 Å². The van der Waals surface area contributed by atoms with Crippen molar-refractivity contribution in [1.29, 1.82) is 0 Å². The number of hydrogen-bond donors (Lipinski definition) is 3. The number of anilines is 2. The molecule has 10 nitrogen and oxygen atoms in total. The summed E-state index contributed by atoms with van der Waals surface area (Å²) >= 11 is 0. The highest BCUT2D eigenvalue weighted by Crippen LogP contribution is 2.33. The van der Waals surface area contributed by atoms with E-state index in [2.05, 4.69) is 44.6 Å². The number of imidazole rings is 1. The lowest BCUT2D eigenvalue weighted by Gasteiger charge is -2.12. The number of aryl methyl sites for hydroxylation is 2. The van der Waals surface area contributed by atoms with Gasteiger partial charge in [0, 0.05) is 34.8 Å². The number of primary amides is 1. The minimum Gasteiger partial charge on any atom is -0.383 e. The monoisotopic (exact) mass is 629 g/mol. The molecule has 1 unspecified atom stereocenters. The number of nitrogens with zero attached hydrogens (tertiary/aromatic N) is 4. The van der Waals surface area contributed by atoms with Gasteiger partial charge in [0.2, 0.25) is 5.91 Å². The van der Waals surface area contributed by atoms with Crippen molar-refractivity contribution in [3.63, 3.8) is 0 Å². The maximum Gasteiger partial charge on any atom is 0.248 e. The molecule has 1 aliphatic carbocycles. The number of rotatable bonds is 7. The zero-order valence-corrected chi connectivity index (χ0v) is 25.8. The molecule has 3 aromatic carbocycles. The molecule has 0 radical (unpaired) electrons. The first-order valence-corrected chi connectivity index (χ1v) is 16.1. The van der Waals surface area contributed by atoms with Crippen molar-refractivity contribution in [3.05, 3.63) is 119 Å². The van der Waals surface area contributed by atoms with Crippen LogP contribution in [0.2, 0.25) is 0 Å². The lowest BCUT2D eigenvalue weighted by atomic mass is 10.1. The van der Waals surface area contributed by atoms with Crippen molar-refractivity contribution in [2.24, 2.45) is 5.73 Å². The SMILES string of the molecule is CS(=O)Nc1ccc(C(N)=O)cc1C=O.Nc1ncccc1-c1nc2ccc(-c3ccccc3)nc2n1-c1ccc2c(c1)CCC2.